The summed E-state index contributed by atoms with van der Waals surface area (Å²) in [7, 11) is 1.58. The molecule has 2 heterocycles. The summed E-state index contributed by atoms with van der Waals surface area (Å²) < 4.78 is 5.11. The van der Waals surface area contributed by atoms with Crippen LogP contribution in [0.3, 0.4) is 0 Å². The normalized spacial score (nSPS) is 10.2. The first-order chi connectivity index (χ1) is 10.1. The first-order valence-electron chi connectivity index (χ1n) is 6.53. The Morgan fingerprint density at radius 3 is 2.76 bits per heavy atom. The van der Waals surface area contributed by atoms with Gasteiger partial charge in [-0.05, 0) is 31.2 Å². The highest BCUT2D eigenvalue weighted by atomic mass is 16.3. The van der Waals surface area contributed by atoms with Gasteiger partial charge >= 0.3 is 0 Å². The van der Waals surface area contributed by atoms with E-state index in [-0.39, 0.29) is 18.4 Å². The summed E-state index contributed by atoms with van der Waals surface area (Å²) in [5.74, 6) is 0.179. The number of aromatic nitrogens is 1. The number of nitrogens with zero attached hydrogens (tertiary/aromatic N) is 2. The molecule has 6 heteroatoms. The van der Waals surface area contributed by atoms with Crippen LogP contribution in [0.2, 0.25) is 0 Å². The second kappa shape index (κ2) is 6.69. The predicted octanol–water partition coefficient (Wildman–Crippen LogP) is 1.37. The molecule has 0 fully saturated rings. The van der Waals surface area contributed by atoms with Gasteiger partial charge in [0.25, 0.3) is 5.91 Å². The van der Waals surface area contributed by atoms with Gasteiger partial charge in [-0.3, -0.25) is 14.6 Å². The number of carbonyl (C=O) groups excluding carboxylic acids is 2. The Morgan fingerprint density at radius 2 is 2.14 bits per heavy atom. The molecule has 0 bridgehead atoms. The van der Waals surface area contributed by atoms with Crippen molar-refractivity contribution in [2.45, 2.75) is 13.5 Å². The number of hydrogen-bond donors (Lipinski definition) is 1. The molecule has 2 amide bonds. The summed E-state index contributed by atoms with van der Waals surface area (Å²) in [6, 6.07) is 6.98. The van der Waals surface area contributed by atoms with Gasteiger partial charge in [0.05, 0.1) is 24.9 Å². The summed E-state index contributed by atoms with van der Waals surface area (Å²) in [5.41, 5.74) is 1.30. The summed E-state index contributed by atoms with van der Waals surface area (Å²) >= 11 is 0. The van der Waals surface area contributed by atoms with Gasteiger partial charge in [-0.25, -0.2) is 0 Å². The Labute approximate surface area is 122 Å². The van der Waals surface area contributed by atoms with Crippen LogP contribution in [0.4, 0.5) is 0 Å². The van der Waals surface area contributed by atoms with Gasteiger partial charge in [0.15, 0.2) is 0 Å². The Hall–Kier alpha value is -2.63. The minimum Gasteiger partial charge on any atom is -0.467 e. The van der Waals surface area contributed by atoms with Gasteiger partial charge in [0, 0.05) is 18.9 Å². The maximum absolute atomic E-state index is 12.1. The summed E-state index contributed by atoms with van der Waals surface area (Å²) in [6.45, 7) is 2.13. The van der Waals surface area contributed by atoms with Crippen molar-refractivity contribution in [2.75, 3.05) is 13.6 Å². The lowest BCUT2D eigenvalue weighted by Crippen LogP contribution is -2.38. The van der Waals surface area contributed by atoms with Crippen LogP contribution in [0, 0.1) is 6.92 Å². The van der Waals surface area contributed by atoms with E-state index in [1.54, 1.807) is 37.6 Å². The van der Waals surface area contributed by atoms with Gasteiger partial charge in [0.2, 0.25) is 5.91 Å². The first kappa shape index (κ1) is 14.8. The topological polar surface area (TPSA) is 75.4 Å². The molecule has 21 heavy (non-hydrogen) atoms. The van der Waals surface area contributed by atoms with E-state index in [4.69, 9.17) is 4.42 Å². The van der Waals surface area contributed by atoms with E-state index in [9.17, 15) is 9.59 Å². The molecule has 2 aromatic heterocycles. The molecule has 0 aliphatic carbocycles. The Morgan fingerprint density at radius 1 is 1.33 bits per heavy atom. The highest BCUT2D eigenvalue weighted by Gasteiger charge is 2.15. The number of aryl methyl sites for hydroxylation is 1. The molecule has 0 saturated carbocycles. The summed E-state index contributed by atoms with van der Waals surface area (Å²) in [5, 5.41) is 2.69. The minimum absolute atomic E-state index is 0.0204. The van der Waals surface area contributed by atoms with E-state index in [0.717, 1.165) is 5.69 Å². The quantitative estimate of drug-likeness (QED) is 0.901. The van der Waals surface area contributed by atoms with Gasteiger partial charge in [0.1, 0.15) is 5.76 Å². The average molecular weight is 287 g/mol. The van der Waals surface area contributed by atoms with E-state index < -0.39 is 0 Å². The van der Waals surface area contributed by atoms with Crippen LogP contribution in [0.5, 0.6) is 0 Å². The molecule has 2 rings (SSSR count). The van der Waals surface area contributed by atoms with E-state index in [2.05, 4.69) is 10.3 Å². The zero-order chi connectivity index (χ0) is 15.2. The fourth-order valence-corrected chi connectivity index (χ4v) is 1.76. The van der Waals surface area contributed by atoms with Crippen molar-refractivity contribution in [2.24, 2.45) is 0 Å². The third-order valence-electron chi connectivity index (χ3n) is 2.93. The Kier molecular flexibility index (Phi) is 4.71. The molecule has 6 nitrogen and oxygen atoms in total. The van der Waals surface area contributed by atoms with Crippen molar-refractivity contribution in [1.29, 1.82) is 0 Å². The Bertz CT molecular complexity index is 606. The average Bonchev–Trinajstić information content (AvgIpc) is 2.98. The standard InChI is InChI=1S/C15H17N3O3/c1-11-5-6-12(8-16-11)15(20)18(2)10-14(19)17-9-13-4-3-7-21-13/h3-8H,9-10H2,1-2H3,(H,17,19). The molecule has 0 aliphatic rings. The lowest BCUT2D eigenvalue weighted by Gasteiger charge is -2.16. The molecule has 0 saturated heterocycles. The van der Waals surface area contributed by atoms with Gasteiger partial charge in [-0.1, -0.05) is 0 Å². The van der Waals surface area contributed by atoms with E-state index in [1.807, 2.05) is 6.92 Å². The fraction of sp³-hybridized carbons (Fsp3) is 0.267. The lowest BCUT2D eigenvalue weighted by molar-refractivity contribution is -0.121. The second-order valence-corrected chi connectivity index (χ2v) is 4.71. The van der Waals surface area contributed by atoms with Crippen molar-refractivity contribution >= 4 is 11.8 Å². The lowest BCUT2D eigenvalue weighted by atomic mass is 10.2. The zero-order valence-electron chi connectivity index (χ0n) is 12.0. The highest BCUT2D eigenvalue weighted by Crippen LogP contribution is 2.03. The van der Waals surface area contributed by atoms with Crippen molar-refractivity contribution in [3.05, 3.63) is 53.7 Å². The number of likely N-dealkylation sites (N-methyl/N-ethyl adjacent to an activating group) is 1. The van der Waals surface area contributed by atoms with Gasteiger partial charge in [-0.2, -0.15) is 0 Å². The smallest absolute Gasteiger partial charge is 0.255 e. The van der Waals surface area contributed by atoms with Crippen molar-refractivity contribution in [3.8, 4) is 0 Å². The number of nitrogens with one attached hydrogen (secondary N) is 1. The third-order valence-corrected chi connectivity index (χ3v) is 2.93. The van der Waals surface area contributed by atoms with Crippen molar-refractivity contribution in [3.63, 3.8) is 0 Å². The summed E-state index contributed by atoms with van der Waals surface area (Å²) in [4.78, 5) is 29.3. The van der Waals surface area contributed by atoms with E-state index >= 15 is 0 Å². The molecule has 0 unspecified atom stereocenters. The van der Waals surface area contributed by atoms with Crippen LogP contribution >= 0.6 is 0 Å². The number of pyridine rings is 1. The number of rotatable bonds is 5. The van der Waals surface area contributed by atoms with Crippen LogP contribution in [0.1, 0.15) is 21.8 Å². The Balaban J connectivity index is 1.85. The molecule has 2 aromatic rings. The molecule has 0 atom stereocenters. The number of amides is 2. The molecule has 0 aromatic carbocycles. The first-order valence-corrected chi connectivity index (χ1v) is 6.53. The van der Waals surface area contributed by atoms with Crippen molar-refractivity contribution < 1.29 is 14.0 Å². The number of carbonyl (C=O) groups is 2. The van der Waals surface area contributed by atoms with E-state index in [1.165, 1.54) is 11.1 Å². The van der Waals surface area contributed by atoms with Crippen LogP contribution in [0.25, 0.3) is 0 Å². The van der Waals surface area contributed by atoms with Gasteiger partial charge in [-0.15, -0.1) is 0 Å². The van der Waals surface area contributed by atoms with Crippen LogP contribution in [-0.4, -0.2) is 35.3 Å². The maximum atomic E-state index is 12.1. The van der Waals surface area contributed by atoms with Crippen LogP contribution in [0.15, 0.2) is 41.1 Å². The number of furan rings is 1. The predicted molar refractivity (Wildman–Crippen MR) is 76.5 cm³/mol. The fourth-order valence-electron chi connectivity index (χ4n) is 1.76. The molecular weight excluding hydrogens is 270 g/mol. The number of hydrogen-bond acceptors (Lipinski definition) is 4. The van der Waals surface area contributed by atoms with E-state index in [0.29, 0.717) is 17.9 Å². The molecule has 110 valence electrons. The largest absolute Gasteiger partial charge is 0.467 e. The SMILES string of the molecule is Cc1ccc(C(=O)N(C)CC(=O)NCc2ccco2)cn1. The second-order valence-electron chi connectivity index (χ2n) is 4.71. The molecule has 0 aliphatic heterocycles. The third kappa shape index (κ3) is 4.17. The molecule has 1 N–H and O–H groups in total. The van der Waals surface area contributed by atoms with Crippen LogP contribution < -0.4 is 5.32 Å². The zero-order valence-corrected chi connectivity index (χ0v) is 12.0. The highest BCUT2D eigenvalue weighted by molar-refractivity contribution is 5.96. The minimum atomic E-state index is -0.248. The molecule has 0 spiro atoms. The monoisotopic (exact) mass is 287 g/mol. The maximum Gasteiger partial charge on any atom is 0.255 e. The van der Waals surface area contributed by atoms with Gasteiger partial charge < -0.3 is 14.6 Å². The van der Waals surface area contributed by atoms with Crippen LogP contribution in [-0.2, 0) is 11.3 Å². The summed E-state index contributed by atoms with van der Waals surface area (Å²) in [6.07, 6.45) is 3.05. The molecule has 0 radical (unpaired) electrons. The molecular formula is C15H17N3O3. The van der Waals surface area contributed by atoms with Crippen molar-refractivity contribution in [1.82, 2.24) is 15.2 Å².